The van der Waals surface area contributed by atoms with Gasteiger partial charge in [0, 0.05) is 16.2 Å². The topological polar surface area (TPSA) is 21.3 Å². The van der Waals surface area contributed by atoms with Gasteiger partial charge in [-0.05, 0) is 70.8 Å². The Morgan fingerprint density at radius 2 is 1.85 bits per heavy atom. The van der Waals surface area contributed by atoms with E-state index in [2.05, 4.69) is 70.4 Å². The van der Waals surface area contributed by atoms with Crippen LogP contribution in [-0.2, 0) is 13.2 Å². The molecule has 2 aromatic carbocycles. The van der Waals surface area contributed by atoms with Crippen LogP contribution in [0.15, 0.2) is 48.5 Å². The van der Waals surface area contributed by atoms with Crippen molar-refractivity contribution in [1.29, 1.82) is 0 Å². The van der Waals surface area contributed by atoms with Gasteiger partial charge in [-0.25, -0.2) is 0 Å². The lowest BCUT2D eigenvalue weighted by Crippen LogP contribution is -2.15. The summed E-state index contributed by atoms with van der Waals surface area (Å²) < 4.78 is 7.11. The summed E-state index contributed by atoms with van der Waals surface area (Å²) in [7, 11) is 0. The Balaban J connectivity index is 1.56. The summed E-state index contributed by atoms with van der Waals surface area (Å²) in [5.41, 5.74) is 2.49. The highest BCUT2D eigenvalue weighted by atomic mass is 127. The Morgan fingerprint density at radius 3 is 2.60 bits per heavy atom. The number of benzene rings is 2. The van der Waals surface area contributed by atoms with Gasteiger partial charge in [0.05, 0.1) is 0 Å². The zero-order chi connectivity index (χ0) is 13.8. The fraction of sp³-hybridized carbons (Fsp3) is 0.294. The molecule has 0 saturated heterocycles. The third-order valence-corrected chi connectivity index (χ3v) is 4.11. The SMILES string of the molecule is Ic1ccc(COc2cccc(CNC3CC3)c2)cc1. The van der Waals surface area contributed by atoms with Gasteiger partial charge in [-0.2, -0.15) is 0 Å². The maximum atomic E-state index is 5.86. The van der Waals surface area contributed by atoms with Gasteiger partial charge in [0.25, 0.3) is 0 Å². The summed E-state index contributed by atoms with van der Waals surface area (Å²) in [4.78, 5) is 0. The summed E-state index contributed by atoms with van der Waals surface area (Å²) in [6, 6.07) is 17.5. The van der Waals surface area contributed by atoms with Crippen LogP contribution in [0.5, 0.6) is 5.75 Å². The quantitative estimate of drug-likeness (QED) is 0.763. The average molecular weight is 379 g/mol. The first-order chi connectivity index (χ1) is 9.79. The molecule has 1 saturated carbocycles. The molecular weight excluding hydrogens is 361 g/mol. The Bertz CT molecular complexity index is 563. The van der Waals surface area contributed by atoms with Crippen molar-refractivity contribution in [3.63, 3.8) is 0 Å². The molecule has 0 amide bonds. The van der Waals surface area contributed by atoms with Crippen LogP contribution in [0.3, 0.4) is 0 Å². The van der Waals surface area contributed by atoms with Gasteiger partial charge in [0.1, 0.15) is 12.4 Å². The number of hydrogen-bond donors (Lipinski definition) is 1. The van der Waals surface area contributed by atoms with E-state index >= 15 is 0 Å². The summed E-state index contributed by atoms with van der Waals surface area (Å²) in [6.45, 7) is 1.56. The van der Waals surface area contributed by atoms with Crippen molar-refractivity contribution >= 4 is 22.6 Å². The third kappa shape index (κ3) is 4.21. The Hall–Kier alpha value is -1.07. The fourth-order valence-corrected chi connectivity index (χ4v) is 2.40. The number of nitrogens with one attached hydrogen (secondary N) is 1. The van der Waals surface area contributed by atoms with E-state index in [4.69, 9.17) is 4.74 Å². The van der Waals surface area contributed by atoms with Crippen LogP contribution < -0.4 is 10.1 Å². The predicted molar refractivity (Wildman–Crippen MR) is 89.8 cm³/mol. The Morgan fingerprint density at radius 1 is 1.05 bits per heavy atom. The molecule has 2 aromatic rings. The zero-order valence-electron chi connectivity index (χ0n) is 11.3. The fourth-order valence-electron chi connectivity index (χ4n) is 2.04. The molecular formula is C17H18INO. The minimum atomic E-state index is 0.621. The summed E-state index contributed by atoms with van der Waals surface area (Å²) in [5.74, 6) is 0.943. The normalized spacial score (nSPS) is 14.2. The summed E-state index contributed by atoms with van der Waals surface area (Å²) in [5, 5.41) is 3.52. The molecule has 1 fully saturated rings. The zero-order valence-corrected chi connectivity index (χ0v) is 13.5. The van der Waals surface area contributed by atoms with Crippen molar-refractivity contribution in [1.82, 2.24) is 5.32 Å². The summed E-state index contributed by atoms with van der Waals surface area (Å²) >= 11 is 2.31. The molecule has 0 unspecified atom stereocenters. The van der Waals surface area contributed by atoms with Gasteiger partial charge in [0.2, 0.25) is 0 Å². The highest BCUT2D eigenvalue weighted by Gasteiger charge is 2.19. The standard InChI is InChI=1S/C17H18INO/c18-15-6-4-13(5-7-15)12-20-17-3-1-2-14(10-17)11-19-16-8-9-16/h1-7,10,16,19H,8-9,11-12H2. The molecule has 0 radical (unpaired) electrons. The number of halogens is 1. The monoisotopic (exact) mass is 379 g/mol. The van der Waals surface area contributed by atoms with E-state index in [1.165, 1.54) is 27.5 Å². The van der Waals surface area contributed by atoms with E-state index in [0.29, 0.717) is 6.61 Å². The lowest BCUT2D eigenvalue weighted by Gasteiger charge is -2.09. The first-order valence-electron chi connectivity index (χ1n) is 6.99. The van der Waals surface area contributed by atoms with E-state index in [1.807, 2.05) is 6.07 Å². The highest BCUT2D eigenvalue weighted by molar-refractivity contribution is 14.1. The van der Waals surface area contributed by atoms with Crippen LogP contribution in [0.2, 0.25) is 0 Å². The maximum absolute atomic E-state index is 5.86. The lowest BCUT2D eigenvalue weighted by atomic mass is 10.2. The van der Waals surface area contributed by atoms with Crippen molar-refractivity contribution in [2.45, 2.75) is 32.0 Å². The van der Waals surface area contributed by atoms with E-state index in [0.717, 1.165) is 18.3 Å². The van der Waals surface area contributed by atoms with E-state index in [1.54, 1.807) is 0 Å². The minimum absolute atomic E-state index is 0.621. The van der Waals surface area contributed by atoms with Crippen LogP contribution in [0.1, 0.15) is 24.0 Å². The van der Waals surface area contributed by atoms with Gasteiger partial charge in [0.15, 0.2) is 0 Å². The molecule has 0 spiro atoms. The average Bonchev–Trinajstić information content (AvgIpc) is 3.29. The van der Waals surface area contributed by atoms with Crippen molar-refractivity contribution in [3.05, 3.63) is 63.2 Å². The maximum Gasteiger partial charge on any atom is 0.120 e. The molecule has 3 rings (SSSR count). The molecule has 1 aliphatic carbocycles. The number of hydrogen-bond acceptors (Lipinski definition) is 2. The molecule has 0 aromatic heterocycles. The van der Waals surface area contributed by atoms with Crippen LogP contribution in [0.4, 0.5) is 0 Å². The van der Waals surface area contributed by atoms with Crippen molar-refractivity contribution in [3.8, 4) is 5.75 Å². The lowest BCUT2D eigenvalue weighted by molar-refractivity contribution is 0.306. The molecule has 20 heavy (non-hydrogen) atoms. The molecule has 0 atom stereocenters. The second-order valence-electron chi connectivity index (χ2n) is 5.22. The predicted octanol–water partition coefficient (Wildman–Crippen LogP) is 4.12. The molecule has 0 bridgehead atoms. The van der Waals surface area contributed by atoms with Gasteiger partial charge in [-0.1, -0.05) is 24.3 Å². The number of ether oxygens (including phenoxy) is 1. The first kappa shape index (κ1) is 13.9. The van der Waals surface area contributed by atoms with Crippen molar-refractivity contribution < 1.29 is 4.74 Å². The largest absolute Gasteiger partial charge is 0.489 e. The van der Waals surface area contributed by atoms with Gasteiger partial charge < -0.3 is 10.1 Å². The van der Waals surface area contributed by atoms with Crippen LogP contribution in [0.25, 0.3) is 0 Å². The molecule has 2 nitrogen and oxygen atoms in total. The molecule has 3 heteroatoms. The van der Waals surface area contributed by atoms with Crippen LogP contribution in [0, 0.1) is 3.57 Å². The van der Waals surface area contributed by atoms with Gasteiger partial charge >= 0.3 is 0 Å². The molecule has 0 aliphatic heterocycles. The Kier molecular flexibility index (Phi) is 4.58. The highest BCUT2D eigenvalue weighted by Crippen LogP contribution is 2.20. The van der Waals surface area contributed by atoms with Gasteiger partial charge in [-0.3, -0.25) is 0 Å². The van der Waals surface area contributed by atoms with Crippen molar-refractivity contribution in [2.75, 3.05) is 0 Å². The molecule has 1 N–H and O–H groups in total. The van der Waals surface area contributed by atoms with Crippen molar-refractivity contribution in [2.24, 2.45) is 0 Å². The van der Waals surface area contributed by atoms with E-state index < -0.39 is 0 Å². The van der Waals surface area contributed by atoms with Crippen LogP contribution >= 0.6 is 22.6 Å². The van der Waals surface area contributed by atoms with Gasteiger partial charge in [-0.15, -0.1) is 0 Å². The smallest absolute Gasteiger partial charge is 0.120 e. The second-order valence-corrected chi connectivity index (χ2v) is 6.46. The molecule has 0 heterocycles. The van der Waals surface area contributed by atoms with E-state index in [-0.39, 0.29) is 0 Å². The van der Waals surface area contributed by atoms with E-state index in [9.17, 15) is 0 Å². The third-order valence-electron chi connectivity index (χ3n) is 3.39. The molecule has 104 valence electrons. The van der Waals surface area contributed by atoms with Crippen LogP contribution in [-0.4, -0.2) is 6.04 Å². The number of rotatable bonds is 6. The Labute approximate surface area is 133 Å². The molecule has 1 aliphatic rings. The minimum Gasteiger partial charge on any atom is -0.489 e. The second kappa shape index (κ2) is 6.59. The summed E-state index contributed by atoms with van der Waals surface area (Å²) in [6.07, 6.45) is 2.64. The first-order valence-corrected chi connectivity index (χ1v) is 8.07.